The number of benzene rings is 1. The number of halogens is 4. The van der Waals surface area contributed by atoms with Crippen LogP contribution < -0.4 is 29.6 Å². The molecule has 0 aromatic heterocycles. The predicted octanol–water partition coefficient (Wildman–Crippen LogP) is -0.290. The fourth-order valence-corrected chi connectivity index (χ4v) is 1.91. The van der Waals surface area contributed by atoms with Gasteiger partial charge in [-0.3, -0.25) is 4.21 Å². The average Bonchev–Trinajstić information content (AvgIpc) is 2.01. The molecule has 1 aromatic carbocycles. The molecule has 0 aliphatic rings. The second kappa shape index (κ2) is 5.79. The molecular weight excluding hydrogens is 308 g/mol. The number of rotatable bonds is 1. The van der Waals surface area contributed by atoms with Crippen molar-refractivity contribution in [3.63, 3.8) is 0 Å². The summed E-state index contributed by atoms with van der Waals surface area (Å²) >= 11 is 0.136. The third-order valence-corrected chi connectivity index (χ3v) is 2.47. The first-order valence-corrected chi connectivity index (χ1v) is 5.14. The molecule has 0 fully saturated rings. The van der Waals surface area contributed by atoms with Gasteiger partial charge in [-0.15, -0.1) is 0 Å². The molecule has 0 N–H and O–H groups in total. The van der Waals surface area contributed by atoms with Crippen molar-refractivity contribution in [3.8, 4) is 0 Å². The largest absolute Gasteiger partial charge is 1.00 e. The number of hydrogen-bond donors (Lipinski definition) is 0. The Morgan fingerprint density at radius 2 is 1.80 bits per heavy atom. The van der Waals surface area contributed by atoms with Gasteiger partial charge in [0.15, 0.2) is 0 Å². The van der Waals surface area contributed by atoms with Crippen molar-refractivity contribution in [3.05, 3.63) is 28.2 Å². The van der Waals surface area contributed by atoms with Crippen LogP contribution in [0.3, 0.4) is 0 Å². The van der Waals surface area contributed by atoms with E-state index in [0.29, 0.717) is 6.07 Å². The van der Waals surface area contributed by atoms with Gasteiger partial charge < -0.3 is 4.55 Å². The minimum absolute atomic E-state index is 0. The van der Waals surface area contributed by atoms with Gasteiger partial charge in [-0.1, -0.05) is 15.9 Å². The van der Waals surface area contributed by atoms with Gasteiger partial charge in [0.2, 0.25) is 0 Å². The molecule has 15 heavy (non-hydrogen) atoms. The third-order valence-electron chi connectivity index (χ3n) is 1.39. The molecule has 1 rings (SSSR count). The van der Waals surface area contributed by atoms with E-state index in [0.717, 1.165) is 12.1 Å². The van der Waals surface area contributed by atoms with E-state index in [-0.39, 0.29) is 34.0 Å². The van der Waals surface area contributed by atoms with E-state index < -0.39 is 27.7 Å². The second-order valence-electron chi connectivity index (χ2n) is 2.41. The quantitative estimate of drug-likeness (QED) is 0.528. The SMILES string of the molecule is O=S([O-])c1cc(Br)cc(C(F)(F)F)c1.[Na+]. The molecule has 0 aliphatic heterocycles. The first-order chi connectivity index (χ1) is 6.30. The molecule has 1 aromatic rings. The first-order valence-electron chi connectivity index (χ1n) is 3.28. The minimum atomic E-state index is -4.54. The molecule has 0 saturated heterocycles. The summed E-state index contributed by atoms with van der Waals surface area (Å²) in [6.45, 7) is 0. The van der Waals surface area contributed by atoms with Crippen molar-refractivity contribution in [2.75, 3.05) is 0 Å². The maximum atomic E-state index is 12.2. The molecule has 1 unspecified atom stereocenters. The van der Waals surface area contributed by atoms with E-state index in [1.165, 1.54) is 0 Å². The Morgan fingerprint density at radius 3 is 2.20 bits per heavy atom. The van der Waals surface area contributed by atoms with Crippen LogP contribution in [0.1, 0.15) is 5.56 Å². The predicted molar refractivity (Wildman–Crippen MR) is 46.3 cm³/mol. The van der Waals surface area contributed by atoms with Gasteiger partial charge in [0.05, 0.1) is 5.56 Å². The van der Waals surface area contributed by atoms with Gasteiger partial charge in [0, 0.05) is 9.37 Å². The van der Waals surface area contributed by atoms with Crippen molar-refractivity contribution >= 4 is 27.0 Å². The molecule has 0 saturated carbocycles. The van der Waals surface area contributed by atoms with E-state index in [2.05, 4.69) is 15.9 Å². The fraction of sp³-hybridized carbons (Fsp3) is 0.143. The number of hydrogen-bond acceptors (Lipinski definition) is 2. The molecular formula is C7H3BrF3NaO2S. The van der Waals surface area contributed by atoms with Gasteiger partial charge >= 0.3 is 35.7 Å². The molecule has 0 spiro atoms. The maximum absolute atomic E-state index is 12.2. The van der Waals surface area contributed by atoms with Crippen LogP contribution in [-0.4, -0.2) is 8.76 Å². The van der Waals surface area contributed by atoms with Crippen LogP contribution in [0.4, 0.5) is 13.2 Å². The zero-order valence-corrected chi connectivity index (χ0v) is 11.9. The summed E-state index contributed by atoms with van der Waals surface area (Å²) in [6, 6.07) is 2.49. The zero-order valence-electron chi connectivity index (χ0n) is 7.47. The molecule has 0 aliphatic carbocycles. The first kappa shape index (κ1) is 15.6. The van der Waals surface area contributed by atoms with E-state index in [9.17, 15) is 21.9 Å². The Kier molecular flexibility index (Phi) is 6.02. The Hall–Kier alpha value is 0.600. The van der Waals surface area contributed by atoms with Gasteiger partial charge in [-0.05, 0) is 29.3 Å². The summed E-state index contributed by atoms with van der Waals surface area (Å²) in [5, 5.41) is 0. The van der Waals surface area contributed by atoms with E-state index >= 15 is 0 Å². The summed E-state index contributed by atoms with van der Waals surface area (Å²) in [5.74, 6) is 0. The van der Waals surface area contributed by atoms with Crippen molar-refractivity contribution < 1.29 is 51.5 Å². The maximum Gasteiger partial charge on any atom is 1.00 e. The van der Waals surface area contributed by atoms with Gasteiger partial charge in [-0.25, -0.2) is 0 Å². The van der Waals surface area contributed by atoms with Crippen LogP contribution >= 0.6 is 15.9 Å². The van der Waals surface area contributed by atoms with Crippen molar-refractivity contribution in [1.29, 1.82) is 0 Å². The molecule has 0 radical (unpaired) electrons. The van der Waals surface area contributed by atoms with Crippen molar-refractivity contribution in [1.82, 2.24) is 0 Å². The van der Waals surface area contributed by atoms with Crippen molar-refractivity contribution in [2.24, 2.45) is 0 Å². The molecule has 0 bridgehead atoms. The van der Waals surface area contributed by atoms with Crippen LogP contribution in [0.25, 0.3) is 0 Å². The molecule has 0 amide bonds. The summed E-state index contributed by atoms with van der Waals surface area (Å²) < 4.78 is 57.5. The van der Waals surface area contributed by atoms with Crippen LogP contribution in [0.5, 0.6) is 0 Å². The summed E-state index contributed by atoms with van der Waals surface area (Å²) in [4.78, 5) is -0.397. The van der Waals surface area contributed by atoms with Crippen LogP contribution in [0.2, 0.25) is 0 Å². The normalized spacial score (nSPS) is 13.1. The molecule has 78 valence electrons. The monoisotopic (exact) mass is 310 g/mol. The molecule has 0 heterocycles. The van der Waals surface area contributed by atoms with Gasteiger partial charge in [-0.2, -0.15) is 13.2 Å². The van der Waals surface area contributed by atoms with Gasteiger partial charge in [0.25, 0.3) is 0 Å². The fourth-order valence-electron chi connectivity index (χ4n) is 0.823. The Balaban J connectivity index is 0.00000196. The summed E-state index contributed by atoms with van der Waals surface area (Å²) in [6.07, 6.45) is -4.54. The number of alkyl halides is 3. The Morgan fingerprint density at radius 1 is 1.27 bits per heavy atom. The Bertz CT molecular complexity index is 383. The minimum Gasteiger partial charge on any atom is -0.768 e. The molecule has 2 nitrogen and oxygen atoms in total. The van der Waals surface area contributed by atoms with E-state index in [4.69, 9.17) is 0 Å². The molecule has 1 atom stereocenters. The van der Waals surface area contributed by atoms with Crippen LogP contribution in [-0.2, 0) is 17.3 Å². The standard InChI is InChI=1S/C7H4BrF3O2S.Na/c8-5-1-4(7(9,10)11)2-6(3-5)14(12)13;/h1-3H,(H,12,13);/q;+1/p-1. The van der Waals surface area contributed by atoms with Gasteiger partial charge in [0.1, 0.15) is 0 Å². The van der Waals surface area contributed by atoms with E-state index in [1.54, 1.807) is 0 Å². The van der Waals surface area contributed by atoms with E-state index in [1.807, 2.05) is 0 Å². The average molecular weight is 311 g/mol. The van der Waals surface area contributed by atoms with Crippen LogP contribution in [0, 0.1) is 0 Å². The third kappa shape index (κ3) is 4.54. The van der Waals surface area contributed by atoms with Crippen molar-refractivity contribution in [2.45, 2.75) is 11.1 Å². The molecule has 8 heteroatoms. The Labute approximate surface area is 117 Å². The topological polar surface area (TPSA) is 40.1 Å². The summed E-state index contributed by atoms with van der Waals surface area (Å²) in [7, 11) is 0. The zero-order chi connectivity index (χ0) is 10.9. The second-order valence-corrected chi connectivity index (χ2v) is 4.26. The summed E-state index contributed by atoms with van der Waals surface area (Å²) in [5.41, 5.74) is -0.994. The van der Waals surface area contributed by atoms with Crippen LogP contribution in [0.15, 0.2) is 27.6 Å². The smallest absolute Gasteiger partial charge is 0.768 e.